The Balaban J connectivity index is -0.000000196. The first-order valence-corrected chi connectivity index (χ1v) is 4.44. The molecule has 0 aliphatic heterocycles. The van der Waals surface area contributed by atoms with Gasteiger partial charge in [-0.05, 0) is 12.7 Å². The Morgan fingerprint density at radius 3 is 1.94 bits per heavy atom. The number of carbonyl (C=O) groups excluding carboxylic acids is 1. The molecule has 1 aromatic carbocycles. The van der Waals surface area contributed by atoms with E-state index in [0.29, 0.717) is 0 Å². The van der Waals surface area contributed by atoms with Crippen LogP contribution >= 0.6 is 0 Å². The molecule has 0 N–H and O–H groups in total. The van der Waals surface area contributed by atoms with Crippen molar-refractivity contribution in [3.05, 3.63) is 66.6 Å². The van der Waals surface area contributed by atoms with Gasteiger partial charge < -0.3 is 29.6 Å². The van der Waals surface area contributed by atoms with Gasteiger partial charge in [-0.3, -0.25) is 0 Å². The van der Waals surface area contributed by atoms with Crippen molar-refractivity contribution >= 4 is 6.29 Å². The summed E-state index contributed by atoms with van der Waals surface area (Å²) in [6.07, 6.45) is 8.14. The quantitative estimate of drug-likeness (QED) is 0.501. The zero-order chi connectivity index (χ0) is 10.2. The van der Waals surface area contributed by atoms with Crippen LogP contribution in [0, 0.1) is 6.92 Å². The van der Waals surface area contributed by atoms with Crippen molar-refractivity contribution in [1.29, 1.82) is 0 Å². The molecule has 0 heterocycles. The van der Waals surface area contributed by atoms with Gasteiger partial charge in [0.2, 0.25) is 0 Å². The van der Waals surface area contributed by atoms with Crippen molar-refractivity contribution in [2.45, 2.75) is 6.42 Å². The van der Waals surface area contributed by atoms with Crippen molar-refractivity contribution in [2.75, 3.05) is 0 Å². The smallest absolute Gasteiger partial charge is 1.00 e. The van der Waals surface area contributed by atoms with E-state index in [-0.39, 0.29) is 43.4 Å². The van der Waals surface area contributed by atoms with Crippen LogP contribution in [0.4, 0.5) is 0 Å². The van der Waals surface area contributed by atoms with Crippen LogP contribution in [0.1, 0.15) is 12.0 Å². The van der Waals surface area contributed by atoms with Crippen LogP contribution in [0.15, 0.2) is 54.1 Å². The molecule has 0 spiro atoms. The van der Waals surface area contributed by atoms with Gasteiger partial charge in [0.25, 0.3) is 0 Å². The molecule has 0 unspecified atom stereocenters. The van der Waals surface area contributed by atoms with Crippen LogP contribution in [0.2, 0.25) is 0 Å². The summed E-state index contributed by atoms with van der Waals surface area (Å²) in [4.78, 5) is 9.77. The van der Waals surface area contributed by atoms with E-state index < -0.39 is 0 Å². The number of rotatable bonds is 1. The van der Waals surface area contributed by atoms with E-state index >= 15 is 0 Å². The summed E-state index contributed by atoms with van der Waals surface area (Å²) in [5.74, 6) is 0. The van der Waals surface area contributed by atoms with Gasteiger partial charge in [0, 0.05) is 0 Å². The average Bonchev–Trinajstić information content (AvgIpc) is 2.72. The molecular weight excluding hydrogens is 294 g/mol. The van der Waals surface area contributed by atoms with Gasteiger partial charge in [-0.25, -0.2) is 6.08 Å². The molecule has 0 saturated carbocycles. The SMILES string of the molecule is O=[C-]C1=CC=CC1.[CH2-]c1ccccc1.[Cl-].[Cl-].[V+4]. The summed E-state index contributed by atoms with van der Waals surface area (Å²) < 4.78 is 0. The first-order chi connectivity index (χ1) is 6.83. The third-order valence-corrected chi connectivity index (χ3v) is 1.75. The molecule has 89 valence electrons. The first-order valence-electron chi connectivity index (χ1n) is 4.44. The molecule has 0 saturated heterocycles. The van der Waals surface area contributed by atoms with Gasteiger partial charge in [0.05, 0.1) is 0 Å². The van der Waals surface area contributed by atoms with Gasteiger partial charge in [-0.15, -0.1) is 24.3 Å². The number of hydrogen-bond acceptors (Lipinski definition) is 1. The molecule has 2 rings (SSSR count). The van der Waals surface area contributed by atoms with Crippen LogP contribution in [0.3, 0.4) is 0 Å². The first kappa shape index (κ1) is 21.7. The maximum atomic E-state index is 9.77. The molecule has 1 aliphatic carbocycles. The maximum absolute atomic E-state index is 9.77. The molecule has 1 aliphatic rings. The molecule has 4 heteroatoms. The Morgan fingerprint density at radius 1 is 1.12 bits per heavy atom. The van der Waals surface area contributed by atoms with E-state index in [1.54, 1.807) is 6.08 Å². The molecule has 1 aromatic rings. The average molecular weight is 306 g/mol. The van der Waals surface area contributed by atoms with Crippen LogP contribution in [0.5, 0.6) is 0 Å². The van der Waals surface area contributed by atoms with Gasteiger partial charge in [0.1, 0.15) is 0 Å². The molecule has 0 aromatic heterocycles. The minimum atomic E-state index is 0. The van der Waals surface area contributed by atoms with Crippen LogP contribution in [-0.4, -0.2) is 6.29 Å². The van der Waals surface area contributed by atoms with Crippen molar-refractivity contribution in [2.24, 2.45) is 0 Å². The van der Waals surface area contributed by atoms with E-state index in [0.717, 1.165) is 17.6 Å². The minimum Gasteiger partial charge on any atom is -1.00 e. The summed E-state index contributed by atoms with van der Waals surface area (Å²) in [7, 11) is 0. The zero-order valence-corrected chi connectivity index (χ0v) is 12.1. The molecule has 0 bridgehead atoms. The predicted molar refractivity (Wildman–Crippen MR) is 58.4 cm³/mol. The molecule has 0 atom stereocenters. The Kier molecular flexibility index (Phi) is 17.2. The summed E-state index contributed by atoms with van der Waals surface area (Å²) in [6.45, 7) is 3.72. The Morgan fingerprint density at radius 2 is 1.71 bits per heavy atom. The summed E-state index contributed by atoms with van der Waals surface area (Å²) in [5.41, 5.74) is 1.82. The molecule has 0 fully saturated rings. The second-order valence-corrected chi connectivity index (χ2v) is 2.91. The molecule has 1 radical (unpaired) electrons. The van der Waals surface area contributed by atoms with Crippen LogP contribution < -0.4 is 24.8 Å². The van der Waals surface area contributed by atoms with Crippen molar-refractivity contribution in [3.63, 3.8) is 0 Å². The second-order valence-electron chi connectivity index (χ2n) is 2.91. The van der Waals surface area contributed by atoms with Crippen LogP contribution in [-0.2, 0) is 23.4 Å². The summed E-state index contributed by atoms with van der Waals surface area (Å²) >= 11 is 0. The van der Waals surface area contributed by atoms with E-state index in [4.69, 9.17) is 0 Å². The predicted octanol–water partition coefficient (Wildman–Crippen LogP) is -3.14. The fourth-order valence-corrected chi connectivity index (χ4v) is 1.00. The zero-order valence-electron chi connectivity index (χ0n) is 9.14. The fraction of sp³-hybridized carbons (Fsp3) is 0.0769. The van der Waals surface area contributed by atoms with Crippen molar-refractivity contribution < 1.29 is 48.2 Å². The van der Waals surface area contributed by atoms with E-state index in [9.17, 15) is 4.79 Å². The molecule has 0 amide bonds. The number of hydrogen-bond donors (Lipinski definition) is 0. The standard InChI is InChI=1S/C7H7.C6H5O.2ClH.V/c1-7-5-3-2-4-6-7;7-5-6-3-1-2-4-6;;;/h2-6H,1H2;1-3H,4H2;2*1H;/q2*-1;;;+4/p-2. The number of allylic oxidation sites excluding steroid dienone is 4. The van der Waals surface area contributed by atoms with E-state index in [1.165, 1.54) is 0 Å². The van der Waals surface area contributed by atoms with E-state index in [2.05, 4.69) is 6.92 Å². The fourth-order valence-electron chi connectivity index (χ4n) is 1.00. The third kappa shape index (κ3) is 10.3. The molecule has 17 heavy (non-hydrogen) atoms. The summed E-state index contributed by atoms with van der Waals surface area (Å²) in [6, 6.07) is 9.87. The van der Waals surface area contributed by atoms with Crippen molar-refractivity contribution in [1.82, 2.24) is 0 Å². The van der Waals surface area contributed by atoms with Crippen molar-refractivity contribution in [3.8, 4) is 0 Å². The number of halogens is 2. The van der Waals surface area contributed by atoms with Gasteiger partial charge >= 0.3 is 18.6 Å². The number of benzene rings is 1. The monoisotopic (exact) mass is 305 g/mol. The van der Waals surface area contributed by atoms with Crippen LogP contribution in [0.25, 0.3) is 0 Å². The minimum absolute atomic E-state index is 0. The van der Waals surface area contributed by atoms with E-state index in [1.807, 2.05) is 48.8 Å². The Hall–Kier alpha value is -0.596. The maximum Gasteiger partial charge on any atom is 4.00 e. The van der Waals surface area contributed by atoms with Gasteiger partial charge in [-0.1, -0.05) is 6.07 Å². The molecule has 1 nitrogen and oxygen atoms in total. The van der Waals surface area contributed by atoms with Gasteiger partial charge in [-0.2, -0.15) is 30.2 Å². The largest absolute Gasteiger partial charge is 4.00 e. The Labute approximate surface area is 127 Å². The normalized spacial score (nSPS) is 10.5. The topological polar surface area (TPSA) is 17.1 Å². The Bertz CT molecular complexity index is 348. The second kappa shape index (κ2) is 13.5. The third-order valence-electron chi connectivity index (χ3n) is 1.75. The summed E-state index contributed by atoms with van der Waals surface area (Å²) in [5, 5.41) is 0. The van der Waals surface area contributed by atoms with Gasteiger partial charge in [0.15, 0.2) is 0 Å². The molecular formula is C13H12Cl2OV.